The van der Waals surface area contributed by atoms with Gasteiger partial charge < -0.3 is 16.4 Å². The van der Waals surface area contributed by atoms with Crippen molar-refractivity contribution in [2.45, 2.75) is 6.54 Å². The van der Waals surface area contributed by atoms with Gasteiger partial charge in [-0.2, -0.15) is 5.26 Å². The summed E-state index contributed by atoms with van der Waals surface area (Å²) in [5.74, 6) is -0.693. The van der Waals surface area contributed by atoms with E-state index in [-0.39, 0.29) is 5.82 Å². The molecule has 0 atom stereocenters. The number of nitrogen functional groups attached to an aromatic ring is 1. The zero-order chi connectivity index (χ0) is 27.5. The van der Waals surface area contributed by atoms with Gasteiger partial charge in [-0.25, -0.2) is 18.3 Å². The molecule has 1 saturated heterocycles. The molecule has 1 aliphatic heterocycles. The highest BCUT2D eigenvalue weighted by molar-refractivity contribution is 6.10. The third-order valence-corrected chi connectivity index (χ3v) is 6.79. The number of pyridine rings is 2. The number of benzene rings is 1. The van der Waals surface area contributed by atoms with Gasteiger partial charge in [0.1, 0.15) is 17.5 Å². The molecule has 1 aliphatic rings. The van der Waals surface area contributed by atoms with Crippen molar-refractivity contribution in [2.75, 3.05) is 43.9 Å². The molecule has 4 heterocycles. The first-order valence-corrected chi connectivity index (χ1v) is 12.4. The summed E-state index contributed by atoms with van der Waals surface area (Å²) in [6.45, 7) is 3.57. The predicted octanol–water partition coefficient (Wildman–Crippen LogP) is 3.45. The summed E-state index contributed by atoms with van der Waals surface area (Å²) in [6, 6.07) is 12.0. The largest absolute Gasteiger partial charge is 0.404 e. The van der Waals surface area contributed by atoms with Gasteiger partial charge in [0.15, 0.2) is 17.5 Å². The molecule has 4 aromatic rings. The highest BCUT2D eigenvalue weighted by Gasteiger charge is 2.21. The lowest BCUT2D eigenvalue weighted by atomic mass is 10.0. The average Bonchev–Trinajstić information content (AvgIpc) is 3.28. The quantitative estimate of drug-likeness (QED) is 0.368. The Morgan fingerprint density at radius 2 is 1.92 bits per heavy atom. The zero-order valence-corrected chi connectivity index (χ0v) is 21.4. The van der Waals surface area contributed by atoms with E-state index in [4.69, 9.17) is 16.5 Å². The molecular formula is C28H27F2N9. The maximum absolute atomic E-state index is 13.6. The Hall–Kier alpha value is -4.82. The van der Waals surface area contributed by atoms with Crippen LogP contribution in [0.1, 0.15) is 16.7 Å². The van der Waals surface area contributed by atoms with E-state index < -0.39 is 11.6 Å². The summed E-state index contributed by atoms with van der Waals surface area (Å²) in [5.41, 5.74) is 16.5. The Morgan fingerprint density at radius 3 is 2.56 bits per heavy atom. The molecule has 0 spiro atoms. The van der Waals surface area contributed by atoms with Crippen LogP contribution >= 0.6 is 0 Å². The molecule has 1 fully saturated rings. The number of anilines is 2. The Labute approximate surface area is 224 Å². The second-order valence-corrected chi connectivity index (χ2v) is 9.23. The van der Waals surface area contributed by atoms with E-state index in [2.05, 4.69) is 26.0 Å². The zero-order valence-electron chi connectivity index (χ0n) is 21.4. The minimum Gasteiger partial charge on any atom is -0.404 e. The number of piperazine rings is 1. The smallest absolute Gasteiger partial charge is 0.164 e. The summed E-state index contributed by atoms with van der Waals surface area (Å²) in [6.07, 6.45) is 6.64. The Kier molecular flexibility index (Phi) is 7.21. The second-order valence-electron chi connectivity index (χ2n) is 9.23. The Morgan fingerprint density at radius 1 is 1.13 bits per heavy atom. The van der Waals surface area contributed by atoms with E-state index in [0.29, 0.717) is 23.2 Å². The van der Waals surface area contributed by atoms with Gasteiger partial charge in [-0.15, -0.1) is 5.10 Å². The van der Waals surface area contributed by atoms with Gasteiger partial charge in [-0.1, -0.05) is 6.07 Å². The van der Waals surface area contributed by atoms with Crippen molar-refractivity contribution in [3.05, 3.63) is 83.3 Å². The minimum absolute atomic E-state index is 0.143. The lowest BCUT2D eigenvalue weighted by Crippen LogP contribution is -2.46. The third-order valence-electron chi connectivity index (χ3n) is 6.79. The van der Waals surface area contributed by atoms with E-state index in [9.17, 15) is 14.0 Å². The van der Waals surface area contributed by atoms with Crippen molar-refractivity contribution >= 4 is 28.9 Å². The molecule has 11 heteroatoms. The van der Waals surface area contributed by atoms with Crippen molar-refractivity contribution < 1.29 is 8.78 Å². The molecule has 5 rings (SSSR count). The molecule has 1 aromatic carbocycles. The molecule has 0 bridgehead atoms. The van der Waals surface area contributed by atoms with E-state index in [0.717, 1.165) is 60.3 Å². The van der Waals surface area contributed by atoms with Crippen LogP contribution in [0, 0.1) is 23.0 Å². The lowest BCUT2D eigenvalue weighted by Gasteiger charge is -2.35. The van der Waals surface area contributed by atoms with Crippen molar-refractivity contribution in [1.82, 2.24) is 19.5 Å². The van der Waals surface area contributed by atoms with Gasteiger partial charge in [-0.3, -0.25) is 9.89 Å². The first kappa shape index (κ1) is 25.8. The molecule has 39 heavy (non-hydrogen) atoms. The van der Waals surface area contributed by atoms with Crippen LogP contribution in [-0.4, -0.2) is 58.9 Å². The minimum atomic E-state index is -0.836. The van der Waals surface area contributed by atoms with Gasteiger partial charge >= 0.3 is 0 Å². The number of hydrogen-bond donors (Lipinski definition) is 2. The number of aliphatic imine (C=N–C) groups is 1. The van der Waals surface area contributed by atoms with Crippen molar-refractivity contribution in [2.24, 2.45) is 10.7 Å². The molecule has 9 nitrogen and oxygen atoms in total. The summed E-state index contributed by atoms with van der Waals surface area (Å²) in [7, 11) is 1.66. The van der Waals surface area contributed by atoms with Crippen LogP contribution in [0.5, 0.6) is 0 Å². The third kappa shape index (κ3) is 5.15. The summed E-state index contributed by atoms with van der Waals surface area (Å²) >= 11 is 0. The number of rotatable bonds is 6. The Balaban J connectivity index is 1.38. The van der Waals surface area contributed by atoms with Crippen molar-refractivity contribution in [3.63, 3.8) is 0 Å². The highest BCUT2D eigenvalue weighted by Crippen LogP contribution is 2.32. The van der Waals surface area contributed by atoms with Crippen LogP contribution in [0.3, 0.4) is 0 Å². The maximum atomic E-state index is 13.6. The number of hydrogen-bond acceptors (Lipinski definition) is 8. The molecular weight excluding hydrogens is 500 g/mol. The van der Waals surface area contributed by atoms with Crippen molar-refractivity contribution in [1.29, 1.82) is 5.26 Å². The standard InChI is InChI=1S/C28H27F2N9/c1-34-14-21(12-31)20-11-22(27-23(13-32)28(33)36-39(27)17-20)19-3-5-26(35-15-19)38-8-6-37(7-9-38)16-18-2-4-24(29)25(30)10-18/h2-5,10-12,14-15,17H,6-9,16,31H2,1H3,(H2,33,36). The van der Waals surface area contributed by atoms with Crippen molar-refractivity contribution in [3.8, 4) is 17.2 Å². The summed E-state index contributed by atoms with van der Waals surface area (Å²) < 4.78 is 28.4. The van der Waals surface area contributed by atoms with E-state index >= 15 is 0 Å². The molecule has 0 aliphatic carbocycles. The fourth-order valence-corrected chi connectivity index (χ4v) is 4.80. The fourth-order valence-electron chi connectivity index (χ4n) is 4.80. The highest BCUT2D eigenvalue weighted by atomic mass is 19.2. The average molecular weight is 528 g/mol. The number of nitriles is 1. The normalized spacial score (nSPS) is 14.8. The van der Waals surface area contributed by atoms with Gasteiger partial charge in [0.05, 0.1) is 5.52 Å². The number of allylic oxidation sites excluding steroid dienone is 1. The molecule has 0 saturated carbocycles. The Bertz CT molecular complexity index is 1610. The predicted molar refractivity (Wildman–Crippen MR) is 148 cm³/mol. The second kappa shape index (κ2) is 10.9. The van der Waals surface area contributed by atoms with Crippen LogP contribution in [0.2, 0.25) is 0 Å². The number of nitrogens with two attached hydrogens (primary N) is 2. The monoisotopic (exact) mass is 527 g/mol. The molecule has 198 valence electrons. The van der Waals surface area contributed by atoms with Crippen LogP contribution in [0.15, 0.2) is 60.0 Å². The number of halogens is 2. The van der Waals surface area contributed by atoms with Crippen LogP contribution in [0.25, 0.3) is 22.2 Å². The number of aromatic nitrogens is 3. The van der Waals surface area contributed by atoms with E-state index in [1.165, 1.54) is 12.3 Å². The molecule has 0 radical (unpaired) electrons. The first-order valence-electron chi connectivity index (χ1n) is 12.4. The molecule has 0 amide bonds. The van der Waals surface area contributed by atoms with Gasteiger partial charge in [0.2, 0.25) is 0 Å². The first-order chi connectivity index (χ1) is 18.9. The maximum Gasteiger partial charge on any atom is 0.164 e. The van der Waals surface area contributed by atoms with Gasteiger partial charge in [-0.05, 0) is 35.9 Å². The lowest BCUT2D eigenvalue weighted by molar-refractivity contribution is 0.249. The van der Waals surface area contributed by atoms with E-state index in [1.807, 2.05) is 18.2 Å². The van der Waals surface area contributed by atoms with Gasteiger partial charge in [0, 0.05) is 86.8 Å². The molecule has 4 N–H and O–H groups in total. The summed E-state index contributed by atoms with van der Waals surface area (Å²) in [5, 5.41) is 14.1. The van der Waals surface area contributed by atoms with Crippen LogP contribution in [-0.2, 0) is 6.54 Å². The number of fused-ring (bicyclic) bond motifs is 1. The number of nitrogens with zero attached hydrogens (tertiary/aromatic N) is 7. The summed E-state index contributed by atoms with van der Waals surface area (Å²) in [4.78, 5) is 13.2. The SMILES string of the molecule is CN=CC(=CN)c1cc(-c2ccc(N3CCN(Cc4ccc(F)c(F)c4)CC3)nc2)c2c(C#N)c(N)nn2c1. The van der Waals surface area contributed by atoms with Crippen LogP contribution in [0.4, 0.5) is 20.4 Å². The van der Waals surface area contributed by atoms with E-state index in [1.54, 1.807) is 36.2 Å². The van der Waals surface area contributed by atoms with Crippen LogP contribution < -0.4 is 16.4 Å². The fraction of sp³-hybridized carbons (Fsp3) is 0.214. The molecule has 3 aromatic heterocycles. The topological polar surface area (TPSA) is 125 Å². The van der Waals surface area contributed by atoms with Gasteiger partial charge in [0.25, 0.3) is 0 Å². The molecule has 0 unspecified atom stereocenters.